The van der Waals surface area contributed by atoms with E-state index in [1.165, 1.54) is 6.33 Å². The number of benzene rings is 2. The number of Topliss-reactive ketones (excluding diaryl/α,β-unsaturated/α-hetero) is 1. The van der Waals surface area contributed by atoms with Gasteiger partial charge in [-0.05, 0) is 36.1 Å². The highest BCUT2D eigenvalue weighted by Crippen LogP contribution is 2.49. The molecule has 0 saturated heterocycles. The Morgan fingerprint density at radius 1 is 0.789 bits per heavy atom. The molecule has 38 heavy (non-hydrogen) atoms. The van der Waals surface area contributed by atoms with Crippen molar-refractivity contribution in [1.82, 2.24) is 14.8 Å². The largest absolute Gasteiger partial charge is 0.496 e. The van der Waals surface area contributed by atoms with E-state index in [0.717, 1.165) is 11.3 Å². The van der Waals surface area contributed by atoms with Crippen LogP contribution in [0.25, 0.3) is 0 Å². The van der Waals surface area contributed by atoms with Crippen molar-refractivity contribution in [3.8, 4) is 34.5 Å². The van der Waals surface area contributed by atoms with Crippen LogP contribution >= 0.6 is 0 Å². The Morgan fingerprint density at radius 3 is 2.03 bits per heavy atom. The van der Waals surface area contributed by atoms with Crippen molar-refractivity contribution in [2.24, 2.45) is 0 Å². The molecule has 2 aromatic carbocycles. The third-order valence-corrected chi connectivity index (χ3v) is 7.05. The van der Waals surface area contributed by atoms with Gasteiger partial charge in [0.05, 0.1) is 42.7 Å². The Hall–Kier alpha value is -4.41. The van der Waals surface area contributed by atoms with Crippen molar-refractivity contribution in [2.75, 3.05) is 48.0 Å². The van der Waals surface area contributed by atoms with Gasteiger partial charge in [-0.2, -0.15) is 10.1 Å². The van der Waals surface area contributed by atoms with Crippen LogP contribution < -0.4 is 33.7 Å². The normalized spacial score (nSPS) is 18.2. The number of carbonyl (C=O) groups is 1. The third-order valence-electron chi connectivity index (χ3n) is 7.05. The zero-order valence-corrected chi connectivity index (χ0v) is 22.2. The highest BCUT2D eigenvalue weighted by molar-refractivity contribution is 6.00. The predicted octanol–water partition coefficient (Wildman–Crippen LogP) is 3.75. The van der Waals surface area contributed by atoms with Gasteiger partial charge in [0.15, 0.2) is 28.8 Å². The van der Waals surface area contributed by atoms with Crippen molar-refractivity contribution in [3.05, 3.63) is 53.0 Å². The van der Waals surface area contributed by atoms with E-state index in [-0.39, 0.29) is 18.1 Å². The van der Waals surface area contributed by atoms with Crippen LogP contribution in [0.1, 0.15) is 35.9 Å². The first kappa shape index (κ1) is 25.2. The Bertz CT molecular complexity index is 1390. The topological polar surface area (TPSA) is 115 Å². The molecule has 1 aliphatic heterocycles. The minimum absolute atomic E-state index is 0.0134. The summed E-state index contributed by atoms with van der Waals surface area (Å²) in [5.74, 6) is 3.57. The molecular formula is C27H30N4O7. The van der Waals surface area contributed by atoms with Gasteiger partial charge < -0.3 is 33.7 Å². The van der Waals surface area contributed by atoms with Crippen LogP contribution in [-0.2, 0) is 4.79 Å². The van der Waals surface area contributed by atoms with E-state index in [9.17, 15) is 4.79 Å². The zero-order valence-electron chi connectivity index (χ0n) is 22.2. The summed E-state index contributed by atoms with van der Waals surface area (Å²) in [6.07, 6.45) is 2.32. The molecule has 11 heteroatoms. The summed E-state index contributed by atoms with van der Waals surface area (Å²) in [5.41, 5.74) is 3.01. The monoisotopic (exact) mass is 522 g/mol. The number of hydrogen-bond donors (Lipinski definition) is 1. The maximum absolute atomic E-state index is 13.9. The molecule has 2 atom stereocenters. The molecule has 2 heterocycles. The second-order valence-corrected chi connectivity index (χ2v) is 8.88. The summed E-state index contributed by atoms with van der Waals surface area (Å²) in [6, 6.07) is 6.80. The fourth-order valence-corrected chi connectivity index (χ4v) is 5.28. The van der Waals surface area contributed by atoms with Gasteiger partial charge in [0.1, 0.15) is 18.1 Å². The lowest BCUT2D eigenvalue weighted by atomic mass is 9.77. The van der Waals surface area contributed by atoms with Gasteiger partial charge in [0.2, 0.25) is 11.7 Å². The highest BCUT2D eigenvalue weighted by Gasteiger charge is 2.41. The number of carbonyl (C=O) groups excluding carboxylic acids is 1. The Balaban J connectivity index is 1.62. The number of rotatable bonds is 8. The van der Waals surface area contributed by atoms with Gasteiger partial charge in [-0.3, -0.25) is 4.79 Å². The summed E-state index contributed by atoms with van der Waals surface area (Å²) in [7, 11) is 9.41. The van der Waals surface area contributed by atoms with Crippen molar-refractivity contribution >= 4 is 11.7 Å². The van der Waals surface area contributed by atoms with Crippen LogP contribution in [-0.4, -0.2) is 63.2 Å². The highest BCUT2D eigenvalue weighted by atomic mass is 16.5. The fraction of sp³-hybridized carbons (Fsp3) is 0.370. The predicted molar refractivity (Wildman–Crippen MR) is 138 cm³/mol. The molecule has 5 rings (SSSR count). The average molecular weight is 523 g/mol. The van der Waals surface area contributed by atoms with Crippen molar-refractivity contribution in [2.45, 2.75) is 24.8 Å². The molecule has 0 saturated carbocycles. The van der Waals surface area contributed by atoms with E-state index in [1.54, 1.807) is 53.4 Å². The molecule has 11 nitrogen and oxygen atoms in total. The molecule has 200 valence electrons. The second kappa shape index (κ2) is 10.2. The lowest BCUT2D eigenvalue weighted by Crippen LogP contribution is -2.33. The van der Waals surface area contributed by atoms with Gasteiger partial charge >= 0.3 is 0 Å². The minimum Gasteiger partial charge on any atom is -0.496 e. The third kappa shape index (κ3) is 4.04. The summed E-state index contributed by atoms with van der Waals surface area (Å²) in [5, 5.41) is 7.78. The molecule has 0 radical (unpaired) electrons. The zero-order chi connectivity index (χ0) is 27.0. The van der Waals surface area contributed by atoms with Crippen LogP contribution in [0.2, 0.25) is 0 Å². The molecular weight excluding hydrogens is 492 g/mol. The molecule has 0 amide bonds. The Morgan fingerprint density at radius 2 is 1.42 bits per heavy atom. The van der Waals surface area contributed by atoms with Gasteiger partial charge in [0.25, 0.3) is 0 Å². The van der Waals surface area contributed by atoms with E-state index in [1.807, 2.05) is 18.2 Å². The van der Waals surface area contributed by atoms with Crippen molar-refractivity contribution < 1.29 is 33.2 Å². The van der Waals surface area contributed by atoms with Gasteiger partial charge in [-0.15, -0.1) is 0 Å². The molecule has 3 aromatic rings. The lowest BCUT2D eigenvalue weighted by Gasteiger charge is -2.35. The van der Waals surface area contributed by atoms with Gasteiger partial charge in [-0.1, -0.05) is 0 Å². The number of aromatic nitrogens is 3. The maximum atomic E-state index is 13.9. The number of anilines is 1. The maximum Gasteiger partial charge on any atom is 0.226 e. The number of allylic oxidation sites excluding steroid dienone is 2. The first-order valence-electron chi connectivity index (χ1n) is 12.0. The van der Waals surface area contributed by atoms with Crippen LogP contribution in [0.3, 0.4) is 0 Å². The molecule has 1 aromatic heterocycles. The van der Waals surface area contributed by atoms with E-state index in [4.69, 9.17) is 28.4 Å². The number of fused-ring (bicyclic) bond motifs is 1. The molecule has 0 unspecified atom stereocenters. The lowest BCUT2D eigenvalue weighted by molar-refractivity contribution is -0.116. The second-order valence-electron chi connectivity index (χ2n) is 8.88. The van der Waals surface area contributed by atoms with Crippen LogP contribution in [0.4, 0.5) is 5.95 Å². The summed E-state index contributed by atoms with van der Waals surface area (Å²) in [6.45, 7) is 0. The molecule has 0 spiro atoms. The number of nitrogens with one attached hydrogen (secondary N) is 1. The standard InChI is InChI=1S/C27H30N4O7/c1-33-19-12-21(35-3)20(34-2)11-16(19)25-24-17(30-27-28-13-29-31(25)27)7-14(8-18(24)32)15-9-22(36-4)26(38-6)23(10-15)37-5/h9-14,25H,7-8H2,1-6H3,(H,28,29,30)/t14-,25+/m0/s1. The first-order valence-corrected chi connectivity index (χ1v) is 12.0. The number of ether oxygens (including phenoxy) is 6. The first-order chi connectivity index (χ1) is 18.5. The summed E-state index contributed by atoms with van der Waals surface area (Å²) < 4.78 is 35.0. The SMILES string of the molecule is COc1cc(OC)c([C@@H]2C3=C(C[C@H](c4cc(OC)c(OC)c(OC)c4)CC3=O)Nc3ncnn32)cc1OC. The van der Waals surface area contributed by atoms with Gasteiger partial charge in [0, 0.05) is 29.3 Å². The number of nitrogens with zero attached hydrogens (tertiary/aromatic N) is 3. The number of hydrogen-bond acceptors (Lipinski definition) is 10. The quantitative estimate of drug-likeness (QED) is 0.469. The molecule has 0 bridgehead atoms. The Kier molecular flexibility index (Phi) is 6.75. The minimum atomic E-state index is -0.563. The van der Waals surface area contributed by atoms with E-state index >= 15 is 0 Å². The van der Waals surface area contributed by atoms with E-state index < -0.39 is 6.04 Å². The number of methoxy groups -OCH3 is 6. The number of ketones is 1. The molecule has 1 aliphatic carbocycles. The summed E-state index contributed by atoms with van der Waals surface area (Å²) >= 11 is 0. The smallest absolute Gasteiger partial charge is 0.226 e. The van der Waals surface area contributed by atoms with Crippen LogP contribution in [0, 0.1) is 0 Å². The van der Waals surface area contributed by atoms with Gasteiger partial charge in [-0.25, -0.2) is 4.68 Å². The fourth-order valence-electron chi connectivity index (χ4n) is 5.28. The molecule has 0 fully saturated rings. The van der Waals surface area contributed by atoms with Crippen LogP contribution in [0.5, 0.6) is 34.5 Å². The van der Waals surface area contributed by atoms with Crippen molar-refractivity contribution in [3.63, 3.8) is 0 Å². The molecule has 2 aliphatic rings. The van der Waals surface area contributed by atoms with E-state index in [2.05, 4.69) is 15.4 Å². The molecule has 1 N–H and O–H groups in total. The van der Waals surface area contributed by atoms with E-state index in [0.29, 0.717) is 58.0 Å². The van der Waals surface area contributed by atoms with Crippen molar-refractivity contribution in [1.29, 1.82) is 0 Å². The Labute approximate surface area is 220 Å². The average Bonchev–Trinajstić information content (AvgIpc) is 3.42. The van der Waals surface area contributed by atoms with Crippen LogP contribution in [0.15, 0.2) is 41.9 Å². The summed E-state index contributed by atoms with van der Waals surface area (Å²) in [4.78, 5) is 18.3.